The molecule has 0 atom stereocenters. The number of nitrogens with zero attached hydrogens (tertiary/aromatic N) is 1. The van der Waals surface area contributed by atoms with Crippen molar-refractivity contribution in [3.05, 3.63) is 39.5 Å². The van der Waals surface area contributed by atoms with Gasteiger partial charge in [-0.3, -0.25) is 10.1 Å². The molecule has 0 bridgehead atoms. The molecule has 1 aromatic carbocycles. The number of hydrogen-bond donors (Lipinski definition) is 1. The summed E-state index contributed by atoms with van der Waals surface area (Å²) in [6.45, 7) is 1.62. The number of carbonyl (C=O) groups is 1. The summed E-state index contributed by atoms with van der Waals surface area (Å²) in [6, 6.07) is 2.37. The molecule has 1 aromatic heterocycles. The second kappa shape index (κ2) is 5.70. The lowest BCUT2D eigenvalue weighted by Gasteiger charge is -2.05. The van der Waals surface area contributed by atoms with Crippen molar-refractivity contribution in [3.8, 4) is 0 Å². The molecule has 0 aliphatic rings. The molecule has 9 heteroatoms. The first kappa shape index (κ1) is 15.9. The van der Waals surface area contributed by atoms with Crippen LogP contribution in [-0.2, 0) is 9.84 Å². The number of hydrogen-bond acceptors (Lipinski definition) is 5. The summed E-state index contributed by atoms with van der Waals surface area (Å²) >= 11 is 6.79. The molecule has 1 amide bonds. The molecule has 0 radical (unpaired) electrons. The van der Waals surface area contributed by atoms with Crippen LogP contribution in [-0.4, -0.2) is 25.6 Å². The molecule has 5 nitrogen and oxygen atoms in total. The zero-order valence-corrected chi connectivity index (χ0v) is 13.4. The van der Waals surface area contributed by atoms with Gasteiger partial charge in [0.2, 0.25) is 0 Å². The minimum Gasteiger partial charge on any atom is -0.298 e. The zero-order chi connectivity index (χ0) is 15.8. The average Bonchev–Trinajstić information content (AvgIpc) is 2.82. The maximum absolute atomic E-state index is 13.7. The van der Waals surface area contributed by atoms with Crippen LogP contribution in [0.3, 0.4) is 0 Å². The molecular formula is C12H10ClFN2O3S2. The predicted molar refractivity (Wildman–Crippen MR) is 79.3 cm³/mol. The maximum atomic E-state index is 13.7. The van der Waals surface area contributed by atoms with Crippen molar-refractivity contribution in [2.75, 3.05) is 11.6 Å². The lowest BCUT2D eigenvalue weighted by Crippen LogP contribution is -2.14. The smallest absolute Gasteiger partial charge is 0.260 e. The highest BCUT2D eigenvalue weighted by molar-refractivity contribution is 7.90. The van der Waals surface area contributed by atoms with Crippen molar-refractivity contribution < 1.29 is 17.6 Å². The molecule has 2 aromatic rings. The summed E-state index contributed by atoms with van der Waals surface area (Å²) in [4.78, 5) is 15.7. The van der Waals surface area contributed by atoms with E-state index < -0.39 is 21.6 Å². The molecule has 0 saturated heterocycles. The van der Waals surface area contributed by atoms with Gasteiger partial charge in [-0.15, -0.1) is 11.3 Å². The third-order valence-electron chi connectivity index (χ3n) is 2.58. The van der Waals surface area contributed by atoms with Crippen LogP contribution >= 0.6 is 22.9 Å². The summed E-state index contributed by atoms with van der Waals surface area (Å²) < 4.78 is 36.3. The van der Waals surface area contributed by atoms with E-state index in [2.05, 4.69) is 10.3 Å². The molecule has 0 spiro atoms. The normalized spacial score (nSPS) is 11.4. The van der Waals surface area contributed by atoms with Gasteiger partial charge >= 0.3 is 0 Å². The summed E-state index contributed by atoms with van der Waals surface area (Å²) in [5.74, 6) is -1.46. The molecule has 0 fully saturated rings. The number of thiazole rings is 1. The van der Waals surface area contributed by atoms with Gasteiger partial charge in [-0.05, 0) is 24.6 Å². The lowest BCUT2D eigenvalue weighted by molar-refractivity contribution is 0.102. The third kappa shape index (κ3) is 3.58. The molecule has 21 heavy (non-hydrogen) atoms. The molecule has 1 N–H and O–H groups in total. The SMILES string of the molecule is Cc1cc(F)c(C(=O)Nc2nc(S(C)(=O)=O)cs2)cc1Cl. The van der Waals surface area contributed by atoms with Gasteiger partial charge in [0.05, 0.1) is 5.56 Å². The Hall–Kier alpha value is -1.51. The van der Waals surface area contributed by atoms with Crippen molar-refractivity contribution in [1.82, 2.24) is 4.98 Å². The van der Waals surface area contributed by atoms with Gasteiger partial charge in [-0.2, -0.15) is 0 Å². The number of sulfone groups is 1. The minimum absolute atomic E-state index is 0.0662. The van der Waals surface area contributed by atoms with E-state index in [1.165, 1.54) is 11.4 Å². The number of amides is 1. The Kier molecular flexibility index (Phi) is 4.31. The topological polar surface area (TPSA) is 76.1 Å². The molecule has 1 heterocycles. The van der Waals surface area contributed by atoms with Crippen LogP contribution in [0.2, 0.25) is 5.02 Å². The van der Waals surface area contributed by atoms with Crippen LogP contribution < -0.4 is 5.32 Å². The van der Waals surface area contributed by atoms with E-state index in [-0.39, 0.29) is 20.7 Å². The van der Waals surface area contributed by atoms with Gasteiger partial charge < -0.3 is 0 Å². The number of carbonyl (C=O) groups excluding carboxylic acids is 1. The highest BCUT2D eigenvalue weighted by Crippen LogP contribution is 2.23. The Morgan fingerprint density at radius 2 is 2.10 bits per heavy atom. The quantitative estimate of drug-likeness (QED) is 0.925. The summed E-state index contributed by atoms with van der Waals surface area (Å²) in [6.07, 6.45) is 1.01. The van der Waals surface area contributed by atoms with Crippen LogP contribution in [0.4, 0.5) is 9.52 Å². The highest BCUT2D eigenvalue weighted by atomic mass is 35.5. The van der Waals surface area contributed by atoms with Gasteiger partial charge in [0.15, 0.2) is 20.0 Å². The lowest BCUT2D eigenvalue weighted by atomic mass is 10.1. The standard InChI is InChI=1S/C12H10ClFN2O3S2/c1-6-3-9(14)7(4-8(6)13)11(17)16-12-15-10(5-20-12)21(2,18)19/h3-5H,1-2H3,(H,15,16,17). The monoisotopic (exact) mass is 348 g/mol. The average molecular weight is 349 g/mol. The Morgan fingerprint density at radius 1 is 1.43 bits per heavy atom. The first-order chi connectivity index (χ1) is 9.68. The second-order valence-electron chi connectivity index (χ2n) is 4.30. The molecule has 0 aliphatic carbocycles. The fraction of sp³-hybridized carbons (Fsp3) is 0.167. The van der Waals surface area contributed by atoms with E-state index in [0.29, 0.717) is 5.56 Å². The van der Waals surface area contributed by atoms with E-state index in [4.69, 9.17) is 11.6 Å². The van der Waals surface area contributed by atoms with E-state index in [0.717, 1.165) is 23.7 Å². The van der Waals surface area contributed by atoms with Crippen molar-refractivity contribution in [1.29, 1.82) is 0 Å². The van der Waals surface area contributed by atoms with Gasteiger partial charge in [0.1, 0.15) is 5.82 Å². The largest absolute Gasteiger partial charge is 0.298 e. The van der Waals surface area contributed by atoms with Gasteiger partial charge in [-0.25, -0.2) is 17.8 Å². The second-order valence-corrected chi connectivity index (χ2v) is 7.53. The highest BCUT2D eigenvalue weighted by Gasteiger charge is 2.17. The zero-order valence-electron chi connectivity index (χ0n) is 11.0. The Morgan fingerprint density at radius 3 is 2.67 bits per heavy atom. The van der Waals surface area contributed by atoms with E-state index >= 15 is 0 Å². The van der Waals surface area contributed by atoms with Crippen molar-refractivity contribution in [2.24, 2.45) is 0 Å². The fourth-order valence-corrected chi connectivity index (χ4v) is 3.36. The number of rotatable bonds is 3. The first-order valence-corrected chi connectivity index (χ1v) is 8.76. The Labute approximate surface area is 129 Å². The Bertz CT molecular complexity index is 818. The van der Waals surface area contributed by atoms with E-state index in [1.54, 1.807) is 6.92 Å². The summed E-state index contributed by atoms with van der Waals surface area (Å²) in [7, 11) is -3.45. The number of nitrogens with one attached hydrogen (secondary N) is 1. The number of aryl methyl sites for hydroxylation is 1. The van der Waals surface area contributed by atoms with Crippen LogP contribution in [0.15, 0.2) is 22.5 Å². The van der Waals surface area contributed by atoms with Gasteiger partial charge in [0, 0.05) is 16.7 Å². The maximum Gasteiger partial charge on any atom is 0.260 e. The summed E-state index contributed by atoms with van der Waals surface area (Å²) in [5.41, 5.74) is 0.279. The number of aromatic nitrogens is 1. The van der Waals surface area contributed by atoms with Crippen LogP contribution in [0.5, 0.6) is 0 Å². The predicted octanol–water partition coefficient (Wildman–Crippen LogP) is 2.90. The summed E-state index contributed by atoms with van der Waals surface area (Å²) in [5, 5.41) is 3.82. The van der Waals surface area contributed by atoms with Crippen LogP contribution in [0, 0.1) is 12.7 Å². The molecular weight excluding hydrogens is 339 g/mol. The molecule has 112 valence electrons. The molecule has 0 aliphatic heterocycles. The van der Waals surface area contributed by atoms with E-state index in [9.17, 15) is 17.6 Å². The number of anilines is 1. The third-order valence-corrected chi connectivity index (χ3v) is 4.86. The fourth-order valence-electron chi connectivity index (χ4n) is 1.47. The van der Waals surface area contributed by atoms with E-state index in [1.807, 2.05) is 0 Å². The van der Waals surface area contributed by atoms with Gasteiger partial charge in [-0.1, -0.05) is 11.6 Å². The van der Waals surface area contributed by atoms with Crippen molar-refractivity contribution in [3.63, 3.8) is 0 Å². The van der Waals surface area contributed by atoms with Crippen molar-refractivity contribution in [2.45, 2.75) is 11.9 Å². The minimum atomic E-state index is -3.45. The molecule has 0 unspecified atom stereocenters. The van der Waals surface area contributed by atoms with Crippen LogP contribution in [0.25, 0.3) is 0 Å². The first-order valence-electron chi connectivity index (χ1n) is 5.61. The molecule has 2 rings (SSSR count). The van der Waals surface area contributed by atoms with Crippen LogP contribution in [0.1, 0.15) is 15.9 Å². The Balaban J connectivity index is 2.26. The number of halogens is 2. The van der Waals surface area contributed by atoms with Crippen molar-refractivity contribution >= 4 is 43.8 Å². The number of benzene rings is 1. The molecule has 0 saturated carbocycles. The van der Waals surface area contributed by atoms with Gasteiger partial charge in [0.25, 0.3) is 5.91 Å².